The third-order valence-electron chi connectivity index (χ3n) is 3.96. The largest absolute Gasteiger partial charge is 0.497 e. The molecular formula is C20H27NO4. The van der Waals surface area contributed by atoms with Crippen LogP contribution in [-0.4, -0.2) is 35.6 Å². The number of rotatable bonds is 2. The molecule has 0 saturated heterocycles. The van der Waals surface area contributed by atoms with Gasteiger partial charge in [0, 0.05) is 18.0 Å². The van der Waals surface area contributed by atoms with Crippen LogP contribution >= 0.6 is 0 Å². The zero-order valence-electron chi connectivity index (χ0n) is 15.4. The molecule has 1 saturated carbocycles. The summed E-state index contributed by atoms with van der Waals surface area (Å²) in [6.45, 7) is 5.47. The number of ether oxygens (including phenoxy) is 2. The molecule has 0 heterocycles. The maximum atomic E-state index is 11.9. The molecule has 0 aliphatic heterocycles. The van der Waals surface area contributed by atoms with E-state index in [1.165, 1.54) is 0 Å². The molecule has 25 heavy (non-hydrogen) atoms. The van der Waals surface area contributed by atoms with Crippen molar-refractivity contribution in [2.24, 2.45) is 0 Å². The Kier molecular flexibility index (Phi) is 5.97. The Labute approximate surface area is 149 Å². The molecule has 2 atom stereocenters. The molecule has 1 amide bonds. The van der Waals surface area contributed by atoms with Crippen molar-refractivity contribution in [1.82, 2.24) is 5.32 Å². The molecule has 0 bridgehead atoms. The molecule has 0 aromatic heterocycles. The molecule has 1 aromatic carbocycles. The zero-order chi connectivity index (χ0) is 18.5. The number of aliphatic hydroxyl groups is 1. The Morgan fingerprint density at radius 3 is 2.84 bits per heavy atom. The fraction of sp³-hybridized carbons (Fsp3) is 0.550. The molecule has 1 aromatic rings. The average molecular weight is 345 g/mol. The molecule has 1 fully saturated rings. The van der Waals surface area contributed by atoms with Crippen LogP contribution in [0.2, 0.25) is 0 Å². The van der Waals surface area contributed by atoms with Crippen LogP contribution in [0.3, 0.4) is 0 Å². The minimum absolute atomic E-state index is 0.145. The van der Waals surface area contributed by atoms with E-state index in [-0.39, 0.29) is 6.04 Å². The predicted molar refractivity (Wildman–Crippen MR) is 96.4 cm³/mol. The summed E-state index contributed by atoms with van der Waals surface area (Å²) in [6, 6.07) is 7.27. The van der Waals surface area contributed by atoms with E-state index in [0.717, 1.165) is 24.2 Å². The first-order valence-corrected chi connectivity index (χ1v) is 8.58. The van der Waals surface area contributed by atoms with E-state index in [1.807, 2.05) is 45.0 Å². The second-order valence-corrected chi connectivity index (χ2v) is 7.45. The summed E-state index contributed by atoms with van der Waals surface area (Å²) < 4.78 is 10.5. The lowest BCUT2D eigenvalue weighted by molar-refractivity contribution is 0.0307. The molecular weight excluding hydrogens is 318 g/mol. The van der Waals surface area contributed by atoms with Crippen LogP contribution < -0.4 is 10.1 Å². The van der Waals surface area contributed by atoms with Gasteiger partial charge < -0.3 is 19.9 Å². The van der Waals surface area contributed by atoms with Gasteiger partial charge in [0.25, 0.3) is 0 Å². The molecule has 5 heteroatoms. The standard InChI is InChI=1S/C20H27NO4/c1-19(2,3)25-18(22)21-16-8-6-11-20(23,14-16)12-10-15-7-5-9-17(13-15)24-4/h5,7,9,13,16,23H,6,8,11,14H2,1-4H3,(H,21,22). The third kappa shape index (κ3) is 6.32. The first kappa shape index (κ1) is 19.1. The van der Waals surface area contributed by atoms with E-state index in [0.29, 0.717) is 12.8 Å². The summed E-state index contributed by atoms with van der Waals surface area (Å²) in [6.07, 6.45) is 2.13. The molecule has 0 radical (unpaired) electrons. The molecule has 1 aliphatic rings. The van der Waals surface area contributed by atoms with Gasteiger partial charge in [-0.2, -0.15) is 0 Å². The van der Waals surface area contributed by atoms with E-state index >= 15 is 0 Å². The van der Waals surface area contributed by atoms with Gasteiger partial charge in [-0.05, 0) is 58.2 Å². The number of methoxy groups -OCH3 is 1. The Bertz CT molecular complexity index is 668. The number of carbonyl (C=O) groups excluding carboxylic acids is 1. The highest BCUT2D eigenvalue weighted by molar-refractivity contribution is 5.68. The van der Waals surface area contributed by atoms with E-state index in [2.05, 4.69) is 17.2 Å². The van der Waals surface area contributed by atoms with Gasteiger partial charge in [0.05, 0.1) is 7.11 Å². The van der Waals surface area contributed by atoms with Crippen molar-refractivity contribution < 1.29 is 19.4 Å². The van der Waals surface area contributed by atoms with Gasteiger partial charge in [-0.3, -0.25) is 0 Å². The van der Waals surface area contributed by atoms with E-state index in [1.54, 1.807) is 7.11 Å². The van der Waals surface area contributed by atoms with Crippen molar-refractivity contribution in [3.8, 4) is 17.6 Å². The summed E-state index contributed by atoms with van der Waals surface area (Å²) in [5.74, 6) is 6.72. The van der Waals surface area contributed by atoms with Crippen molar-refractivity contribution in [3.05, 3.63) is 29.8 Å². The second-order valence-electron chi connectivity index (χ2n) is 7.45. The van der Waals surface area contributed by atoms with E-state index in [4.69, 9.17) is 9.47 Å². The number of carbonyl (C=O) groups is 1. The molecule has 0 spiro atoms. The Morgan fingerprint density at radius 2 is 2.16 bits per heavy atom. The molecule has 136 valence electrons. The van der Waals surface area contributed by atoms with Crippen molar-refractivity contribution >= 4 is 6.09 Å². The Morgan fingerprint density at radius 1 is 1.40 bits per heavy atom. The van der Waals surface area contributed by atoms with Gasteiger partial charge in [-0.1, -0.05) is 17.9 Å². The predicted octanol–water partition coefficient (Wildman–Crippen LogP) is 3.25. The highest BCUT2D eigenvalue weighted by atomic mass is 16.6. The minimum atomic E-state index is -1.11. The fourth-order valence-electron chi connectivity index (χ4n) is 2.85. The van der Waals surface area contributed by atoms with Gasteiger partial charge >= 0.3 is 6.09 Å². The van der Waals surface area contributed by atoms with Crippen LogP contribution in [0.4, 0.5) is 4.79 Å². The van der Waals surface area contributed by atoms with Gasteiger partial charge in [0.1, 0.15) is 17.0 Å². The topological polar surface area (TPSA) is 67.8 Å². The van der Waals surface area contributed by atoms with Crippen molar-refractivity contribution in [2.45, 2.75) is 63.7 Å². The van der Waals surface area contributed by atoms with Gasteiger partial charge in [0.2, 0.25) is 0 Å². The van der Waals surface area contributed by atoms with Crippen molar-refractivity contribution in [3.63, 3.8) is 0 Å². The highest BCUT2D eigenvalue weighted by Gasteiger charge is 2.34. The molecule has 2 N–H and O–H groups in total. The number of alkyl carbamates (subject to hydrolysis) is 1. The van der Waals surface area contributed by atoms with Gasteiger partial charge in [-0.25, -0.2) is 4.79 Å². The van der Waals surface area contributed by atoms with Crippen LogP contribution in [0.1, 0.15) is 52.0 Å². The van der Waals surface area contributed by atoms with Crippen LogP contribution in [0.25, 0.3) is 0 Å². The lowest BCUT2D eigenvalue weighted by Gasteiger charge is -2.33. The normalized spacial score (nSPS) is 23.2. The van der Waals surface area contributed by atoms with Crippen LogP contribution in [-0.2, 0) is 4.74 Å². The Balaban J connectivity index is 2.01. The van der Waals surface area contributed by atoms with E-state index in [9.17, 15) is 9.90 Å². The maximum Gasteiger partial charge on any atom is 0.407 e. The first-order chi connectivity index (χ1) is 11.7. The average Bonchev–Trinajstić information content (AvgIpc) is 2.51. The second kappa shape index (κ2) is 7.79. The third-order valence-corrected chi connectivity index (χ3v) is 3.96. The molecule has 2 rings (SSSR count). The summed E-state index contributed by atoms with van der Waals surface area (Å²) in [5.41, 5.74) is -0.864. The van der Waals surface area contributed by atoms with Crippen LogP contribution in [0, 0.1) is 11.8 Å². The number of nitrogens with one attached hydrogen (secondary N) is 1. The lowest BCUT2D eigenvalue weighted by Crippen LogP contribution is -2.46. The van der Waals surface area contributed by atoms with Gasteiger partial charge in [-0.15, -0.1) is 0 Å². The number of hydrogen-bond acceptors (Lipinski definition) is 4. The van der Waals surface area contributed by atoms with Crippen molar-refractivity contribution in [1.29, 1.82) is 0 Å². The van der Waals surface area contributed by atoms with E-state index < -0.39 is 17.3 Å². The monoisotopic (exact) mass is 345 g/mol. The first-order valence-electron chi connectivity index (χ1n) is 8.58. The SMILES string of the molecule is COc1cccc(C#CC2(O)CCCC(NC(=O)OC(C)(C)C)C2)c1. The fourth-order valence-corrected chi connectivity index (χ4v) is 2.85. The zero-order valence-corrected chi connectivity index (χ0v) is 15.4. The maximum absolute atomic E-state index is 11.9. The smallest absolute Gasteiger partial charge is 0.407 e. The lowest BCUT2D eigenvalue weighted by atomic mass is 9.82. The summed E-state index contributed by atoms with van der Waals surface area (Å²) in [5, 5.41) is 13.6. The quantitative estimate of drug-likeness (QED) is 0.808. The highest BCUT2D eigenvalue weighted by Crippen LogP contribution is 2.28. The number of hydrogen-bond donors (Lipinski definition) is 2. The summed E-state index contributed by atoms with van der Waals surface area (Å²) in [4.78, 5) is 11.9. The summed E-state index contributed by atoms with van der Waals surface area (Å²) in [7, 11) is 1.61. The van der Waals surface area contributed by atoms with Crippen LogP contribution in [0.15, 0.2) is 24.3 Å². The van der Waals surface area contributed by atoms with Crippen LogP contribution in [0.5, 0.6) is 5.75 Å². The number of benzene rings is 1. The Hall–Kier alpha value is -2.19. The molecule has 2 unspecified atom stereocenters. The van der Waals surface area contributed by atoms with Gasteiger partial charge in [0.15, 0.2) is 0 Å². The minimum Gasteiger partial charge on any atom is -0.497 e. The number of amides is 1. The molecule has 5 nitrogen and oxygen atoms in total. The summed E-state index contributed by atoms with van der Waals surface area (Å²) >= 11 is 0. The molecule has 1 aliphatic carbocycles. The van der Waals surface area contributed by atoms with Crippen molar-refractivity contribution in [2.75, 3.05) is 7.11 Å².